The van der Waals surface area contributed by atoms with Crippen molar-refractivity contribution in [1.29, 1.82) is 0 Å². The zero-order chi connectivity index (χ0) is 16.0. The maximum atomic E-state index is 13.5. The van der Waals surface area contributed by atoms with Crippen LogP contribution in [0.15, 0.2) is 24.3 Å². The van der Waals surface area contributed by atoms with E-state index in [1.54, 1.807) is 23.9 Å². The van der Waals surface area contributed by atoms with Gasteiger partial charge in [0.25, 0.3) is 0 Å². The summed E-state index contributed by atoms with van der Waals surface area (Å²) in [6.45, 7) is 0.544. The van der Waals surface area contributed by atoms with Gasteiger partial charge in [-0.3, -0.25) is 4.79 Å². The van der Waals surface area contributed by atoms with Gasteiger partial charge in [-0.2, -0.15) is 11.8 Å². The van der Waals surface area contributed by atoms with Crippen LogP contribution in [-0.2, 0) is 10.2 Å². The minimum atomic E-state index is -0.460. The van der Waals surface area contributed by atoms with Crippen molar-refractivity contribution in [2.45, 2.75) is 43.6 Å². The van der Waals surface area contributed by atoms with Gasteiger partial charge in [-0.05, 0) is 49.0 Å². The standard InChI is InChI=1S/C17H25FN2OS/c1-22-10-7-15(19)16(21)20-12-17(8-2-3-9-17)13-5-4-6-14(18)11-13/h4-6,11,15H,2-3,7-10,12,19H2,1H3,(H,20,21)/t15-/m0/s1. The molecule has 5 heteroatoms. The fourth-order valence-corrected chi connectivity index (χ4v) is 3.69. The second kappa shape index (κ2) is 7.97. The van der Waals surface area contributed by atoms with E-state index in [9.17, 15) is 9.18 Å². The van der Waals surface area contributed by atoms with E-state index in [1.165, 1.54) is 6.07 Å². The Hall–Kier alpha value is -1.07. The smallest absolute Gasteiger partial charge is 0.236 e. The molecule has 1 amide bonds. The number of nitrogens with one attached hydrogen (secondary N) is 1. The first-order valence-electron chi connectivity index (χ1n) is 7.86. The maximum Gasteiger partial charge on any atom is 0.236 e. The number of rotatable bonds is 7. The summed E-state index contributed by atoms with van der Waals surface area (Å²) in [4.78, 5) is 12.1. The van der Waals surface area contributed by atoms with Gasteiger partial charge < -0.3 is 11.1 Å². The molecule has 2 rings (SSSR count). The molecule has 0 spiro atoms. The highest BCUT2D eigenvalue weighted by Crippen LogP contribution is 2.40. The summed E-state index contributed by atoms with van der Waals surface area (Å²) in [5, 5.41) is 3.00. The Bertz CT molecular complexity index is 503. The Morgan fingerprint density at radius 3 is 2.82 bits per heavy atom. The van der Waals surface area contributed by atoms with Gasteiger partial charge in [-0.25, -0.2) is 4.39 Å². The molecule has 0 unspecified atom stereocenters. The molecule has 0 aromatic heterocycles. The van der Waals surface area contributed by atoms with Gasteiger partial charge in [0.1, 0.15) is 5.82 Å². The molecule has 1 aromatic rings. The maximum absolute atomic E-state index is 13.5. The summed E-state index contributed by atoms with van der Waals surface area (Å²) in [6.07, 6.45) is 6.88. The zero-order valence-corrected chi connectivity index (χ0v) is 13.9. The Balaban J connectivity index is 2.02. The number of nitrogens with two attached hydrogens (primary N) is 1. The lowest BCUT2D eigenvalue weighted by atomic mass is 9.78. The molecule has 0 aliphatic heterocycles. The number of amides is 1. The van der Waals surface area contributed by atoms with Crippen molar-refractivity contribution >= 4 is 17.7 Å². The van der Waals surface area contributed by atoms with Gasteiger partial charge in [-0.1, -0.05) is 25.0 Å². The average molecular weight is 324 g/mol. The van der Waals surface area contributed by atoms with E-state index in [1.807, 2.05) is 12.3 Å². The van der Waals surface area contributed by atoms with Crippen LogP contribution in [0.1, 0.15) is 37.7 Å². The summed E-state index contributed by atoms with van der Waals surface area (Å²) in [6, 6.07) is 6.32. The van der Waals surface area contributed by atoms with Crippen LogP contribution in [0.3, 0.4) is 0 Å². The van der Waals surface area contributed by atoms with E-state index in [2.05, 4.69) is 5.32 Å². The van der Waals surface area contributed by atoms with Crippen molar-refractivity contribution in [3.8, 4) is 0 Å². The number of thioether (sulfide) groups is 1. The summed E-state index contributed by atoms with van der Waals surface area (Å²) >= 11 is 1.69. The highest BCUT2D eigenvalue weighted by Gasteiger charge is 2.36. The van der Waals surface area contributed by atoms with Crippen molar-refractivity contribution in [2.24, 2.45) is 5.73 Å². The lowest BCUT2D eigenvalue weighted by Crippen LogP contribution is -2.46. The third-order valence-electron chi connectivity index (χ3n) is 4.57. The first-order chi connectivity index (χ1) is 10.6. The number of carbonyl (C=O) groups excluding carboxylic acids is 1. The SMILES string of the molecule is CSCC[C@H](N)C(=O)NCC1(c2cccc(F)c2)CCCC1. The topological polar surface area (TPSA) is 55.1 Å². The quantitative estimate of drug-likeness (QED) is 0.811. The fourth-order valence-electron chi connectivity index (χ4n) is 3.20. The average Bonchev–Trinajstić information content (AvgIpc) is 3.00. The van der Waals surface area contributed by atoms with Crippen LogP contribution in [0.2, 0.25) is 0 Å². The van der Waals surface area contributed by atoms with E-state index in [4.69, 9.17) is 5.73 Å². The molecule has 122 valence electrons. The predicted octanol–water partition coefficient (Wildman–Crippen LogP) is 2.83. The third-order valence-corrected chi connectivity index (χ3v) is 5.21. The van der Waals surface area contributed by atoms with Gasteiger partial charge in [0.15, 0.2) is 0 Å². The third kappa shape index (κ3) is 4.23. The molecular formula is C17H25FN2OS. The summed E-state index contributed by atoms with van der Waals surface area (Å²) in [5.41, 5.74) is 6.76. The minimum Gasteiger partial charge on any atom is -0.354 e. The van der Waals surface area contributed by atoms with Gasteiger partial charge >= 0.3 is 0 Å². The monoisotopic (exact) mass is 324 g/mol. The normalized spacial score (nSPS) is 18.1. The molecule has 0 heterocycles. The van der Waals surface area contributed by atoms with Gasteiger partial charge in [-0.15, -0.1) is 0 Å². The van der Waals surface area contributed by atoms with Crippen LogP contribution in [-0.4, -0.2) is 30.5 Å². The van der Waals surface area contributed by atoms with Crippen LogP contribution < -0.4 is 11.1 Å². The number of hydrogen-bond acceptors (Lipinski definition) is 3. The van der Waals surface area contributed by atoms with Crippen molar-refractivity contribution < 1.29 is 9.18 Å². The van der Waals surface area contributed by atoms with E-state index < -0.39 is 6.04 Å². The first kappa shape index (κ1) is 17.3. The molecule has 22 heavy (non-hydrogen) atoms. The van der Waals surface area contributed by atoms with Crippen LogP contribution in [0.4, 0.5) is 4.39 Å². The van der Waals surface area contributed by atoms with Crippen LogP contribution in [0.25, 0.3) is 0 Å². The Morgan fingerprint density at radius 1 is 1.45 bits per heavy atom. The number of halogens is 1. The van der Waals surface area contributed by atoms with Crippen molar-refractivity contribution in [2.75, 3.05) is 18.6 Å². The van der Waals surface area contributed by atoms with Gasteiger partial charge in [0, 0.05) is 12.0 Å². The second-order valence-corrected chi connectivity index (χ2v) is 7.09. The van der Waals surface area contributed by atoms with Crippen LogP contribution in [0, 0.1) is 5.82 Å². The summed E-state index contributed by atoms with van der Waals surface area (Å²) < 4.78 is 13.5. The fraction of sp³-hybridized carbons (Fsp3) is 0.588. The molecule has 3 nitrogen and oxygen atoms in total. The molecule has 1 aliphatic rings. The highest BCUT2D eigenvalue weighted by atomic mass is 32.2. The van der Waals surface area contributed by atoms with E-state index in [0.29, 0.717) is 13.0 Å². The molecule has 0 saturated heterocycles. The molecule has 1 atom stereocenters. The highest BCUT2D eigenvalue weighted by molar-refractivity contribution is 7.98. The minimum absolute atomic E-state index is 0.100. The molecule has 0 bridgehead atoms. The van der Waals surface area contributed by atoms with Crippen molar-refractivity contribution in [1.82, 2.24) is 5.32 Å². The number of carbonyl (C=O) groups is 1. The molecule has 3 N–H and O–H groups in total. The van der Waals surface area contributed by atoms with Crippen molar-refractivity contribution in [3.63, 3.8) is 0 Å². The van der Waals surface area contributed by atoms with E-state index >= 15 is 0 Å². The molecule has 1 aliphatic carbocycles. The number of hydrogen-bond donors (Lipinski definition) is 2. The van der Waals surface area contributed by atoms with E-state index in [-0.39, 0.29) is 17.1 Å². The summed E-state index contributed by atoms with van der Waals surface area (Å²) in [5.74, 6) is 0.562. The van der Waals surface area contributed by atoms with Crippen molar-refractivity contribution in [3.05, 3.63) is 35.6 Å². The van der Waals surface area contributed by atoms with Gasteiger partial charge in [0.2, 0.25) is 5.91 Å². The molecular weight excluding hydrogens is 299 g/mol. The molecule has 1 fully saturated rings. The first-order valence-corrected chi connectivity index (χ1v) is 9.25. The Kier molecular flexibility index (Phi) is 6.26. The second-order valence-electron chi connectivity index (χ2n) is 6.10. The lowest BCUT2D eigenvalue weighted by Gasteiger charge is -2.30. The largest absolute Gasteiger partial charge is 0.354 e. The summed E-state index contributed by atoms with van der Waals surface area (Å²) in [7, 11) is 0. The van der Waals surface area contributed by atoms with Crippen LogP contribution >= 0.6 is 11.8 Å². The lowest BCUT2D eigenvalue weighted by molar-refractivity contribution is -0.122. The zero-order valence-electron chi connectivity index (χ0n) is 13.1. The number of benzene rings is 1. The van der Waals surface area contributed by atoms with Gasteiger partial charge in [0.05, 0.1) is 6.04 Å². The Labute approximate surface area is 136 Å². The Morgan fingerprint density at radius 2 is 2.18 bits per heavy atom. The molecule has 1 saturated carbocycles. The predicted molar refractivity (Wildman–Crippen MR) is 90.5 cm³/mol. The molecule has 1 aromatic carbocycles. The van der Waals surface area contributed by atoms with E-state index in [0.717, 1.165) is 37.0 Å². The van der Waals surface area contributed by atoms with Crippen LogP contribution in [0.5, 0.6) is 0 Å². The molecule has 0 radical (unpaired) electrons.